The number of benzene rings is 2. The average Bonchev–Trinajstić information content (AvgIpc) is 2.40. The molecule has 2 heteroatoms. The SMILES string of the molecule is SCC1(c2ccc(-c3ccccc3)cc2)COC1. The van der Waals surface area contributed by atoms with Gasteiger partial charge >= 0.3 is 0 Å². The second-order valence-corrected chi connectivity index (χ2v) is 5.19. The van der Waals surface area contributed by atoms with Crippen LogP contribution in [0.3, 0.4) is 0 Å². The van der Waals surface area contributed by atoms with Gasteiger partial charge in [0.15, 0.2) is 0 Å². The molecular formula is C16H16OS. The van der Waals surface area contributed by atoms with Crippen LogP contribution in [0.5, 0.6) is 0 Å². The van der Waals surface area contributed by atoms with Crippen molar-refractivity contribution in [3.8, 4) is 11.1 Å². The van der Waals surface area contributed by atoms with Crippen LogP contribution in [0.2, 0.25) is 0 Å². The lowest BCUT2D eigenvalue weighted by Gasteiger charge is -2.40. The lowest BCUT2D eigenvalue weighted by atomic mass is 9.80. The van der Waals surface area contributed by atoms with Gasteiger partial charge in [0.05, 0.1) is 18.6 Å². The third-order valence-electron chi connectivity index (χ3n) is 3.66. The summed E-state index contributed by atoms with van der Waals surface area (Å²) in [6, 6.07) is 19.2. The minimum atomic E-state index is 0.137. The summed E-state index contributed by atoms with van der Waals surface area (Å²) in [7, 11) is 0. The summed E-state index contributed by atoms with van der Waals surface area (Å²) in [6.45, 7) is 1.59. The van der Waals surface area contributed by atoms with Crippen LogP contribution in [-0.4, -0.2) is 19.0 Å². The van der Waals surface area contributed by atoms with Crippen LogP contribution in [0.15, 0.2) is 54.6 Å². The molecule has 0 aliphatic carbocycles. The normalized spacial score (nSPS) is 17.2. The maximum Gasteiger partial charge on any atom is 0.0593 e. The van der Waals surface area contributed by atoms with Crippen LogP contribution in [0.25, 0.3) is 11.1 Å². The van der Waals surface area contributed by atoms with Gasteiger partial charge in [-0.2, -0.15) is 12.6 Å². The van der Waals surface area contributed by atoms with Crippen LogP contribution in [0, 0.1) is 0 Å². The van der Waals surface area contributed by atoms with E-state index in [1.807, 2.05) is 6.07 Å². The smallest absolute Gasteiger partial charge is 0.0593 e. The number of hydrogen-bond acceptors (Lipinski definition) is 2. The van der Waals surface area contributed by atoms with Crippen molar-refractivity contribution in [2.45, 2.75) is 5.41 Å². The van der Waals surface area contributed by atoms with E-state index in [0.717, 1.165) is 19.0 Å². The Hall–Kier alpha value is -1.25. The Morgan fingerprint density at radius 1 is 0.889 bits per heavy atom. The van der Waals surface area contributed by atoms with E-state index in [2.05, 4.69) is 61.2 Å². The van der Waals surface area contributed by atoms with E-state index in [9.17, 15) is 0 Å². The van der Waals surface area contributed by atoms with Gasteiger partial charge in [-0.1, -0.05) is 54.6 Å². The van der Waals surface area contributed by atoms with Gasteiger partial charge in [-0.25, -0.2) is 0 Å². The third kappa shape index (κ3) is 1.96. The molecule has 0 aromatic heterocycles. The van der Waals surface area contributed by atoms with Crippen LogP contribution in [0.1, 0.15) is 5.56 Å². The van der Waals surface area contributed by atoms with Crippen LogP contribution >= 0.6 is 12.6 Å². The molecule has 18 heavy (non-hydrogen) atoms. The number of hydrogen-bond donors (Lipinski definition) is 1. The molecule has 2 aromatic rings. The lowest BCUT2D eigenvalue weighted by molar-refractivity contribution is -0.0470. The molecule has 1 fully saturated rings. The first-order valence-electron chi connectivity index (χ1n) is 6.19. The van der Waals surface area contributed by atoms with Crippen molar-refractivity contribution in [3.05, 3.63) is 60.2 Å². The maximum absolute atomic E-state index is 5.35. The van der Waals surface area contributed by atoms with E-state index in [0.29, 0.717) is 0 Å². The Morgan fingerprint density at radius 2 is 1.50 bits per heavy atom. The first kappa shape index (κ1) is 11.8. The Bertz CT molecular complexity index is 509. The molecule has 0 unspecified atom stereocenters. The fraction of sp³-hybridized carbons (Fsp3) is 0.250. The molecule has 1 heterocycles. The summed E-state index contributed by atoms with van der Waals surface area (Å²) in [6.07, 6.45) is 0. The zero-order chi connectivity index (χ0) is 12.4. The molecular weight excluding hydrogens is 240 g/mol. The molecule has 0 N–H and O–H groups in total. The lowest BCUT2D eigenvalue weighted by Crippen LogP contribution is -2.48. The Morgan fingerprint density at radius 3 is 2.00 bits per heavy atom. The molecule has 0 atom stereocenters. The molecule has 1 aliphatic heterocycles. The van der Waals surface area contributed by atoms with E-state index >= 15 is 0 Å². The molecule has 0 spiro atoms. The van der Waals surface area contributed by atoms with Crippen LogP contribution < -0.4 is 0 Å². The van der Waals surface area contributed by atoms with Gasteiger partial charge in [-0.3, -0.25) is 0 Å². The van der Waals surface area contributed by atoms with Crippen molar-refractivity contribution < 1.29 is 4.74 Å². The van der Waals surface area contributed by atoms with Gasteiger partial charge in [-0.15, -0.1) is 0 Å². The number of rotatable bonds is 3. The van der Waals surface area contributed by atoms with E-state index in [1.165, 1.54) is 16.7 Å². The summed E-state index contributed by atoms with van der Waals surface area (Å²) in [5.41, 5.74) is 3.99. The Balaban J connectivity index is 1.90. The van der Waals surface area contributed by atoms with Crippen molar-refractivity contribution in [1.82, 2.24) is 0 Å². The predicted molar refractivity (Wildman–Crippen MR) is 78.2 cm³/mol. The van der Waals surface area contributed by atoms with Gasteiger partial charge in [0.25, 0.3) is 0 Å². The highest BCUT2D eigenvalue weighted by Crippen LogP contribution is 2.34. The van der Waals surface area contributed by atoms with E-state index < -0.39 is 0 Å². The number of thiol groups is 1. The standard InChI is InChI=1S/C16H16OS/c18-12-16(10-17-11-16)15-8-6-14(7-9-15)13-4-2-1-3-5-13/h1-9,18H,10-12H2. The molecule has 0 radical (unpaired) electrons. The van der Waals surface area contributed by atoms with Crippen LogP contribution in [0.4, 0.5) is 0 Å². The molecule has 3 rings (SSSR count). The minimum absolute atomic E-state index is 0.137. The molecule has 1 nitrogen and oxygen atoms in total. The number of ether oxygens (including phenoxy) is 1. The first-order valence-corrected chi connectivity index (χ1v) is 6.82. The van der Waals surface area contributed by atoms with E-state index in [4.69, 9.17) is 4.74 Å². The van der Waals surface area contributed by atoms with E-state index in [-0.39, 0.29) is 5.41 Å². The first-order chi connectivity index (χ1) is 8.84. The molecule has 1 aliphatic rings. The molecule has 0 saturated carbocycles. The van der Waals surface area contributed by atoms with Gasteiger partial charge in [0.2, 0.25) is 0 Å². The van der Waals surface area contributed by atoms with Gasteiger partial charge < -0.3 is 4.74 Å². The maximum atomic E-state index is 5.35. The van der Waals surface area contributed by atoms with Crippen molar-refractivity contribution in [1.29, 1.82) is 0 Å². The second kappa shape index (κ2) is 4.79. The highest BCUT2D eigenvalue weighted by Gasteiger charge is 2.38. The largest absolute Gasteiger partial charge is 0.379 e. The van der Waals surface area contributed by atoms with Gasteiger partial charge in [0.1, 0.15) is 0 Å². The zero-order valence-electron chi connectivity index (χ0n) is 10.2. The topological polar surface area (TPSA) is 9.23 Å². The average molecular weight is 256 g/mol. The van der Waals surface area contributed by atoms with Gasteiger partial charge in [0, 0.05) is 5.75 Å². The van der Waals surface area contributed by atoms with Crippen molar-refractivity contribution in [2.75, 3.05) is 19.0 Å². The second-order valence-electron chi connectivity index (χ2n) is 4.87. The summed E-state index contributed by atoms with van der Waals surface area (Å²) in [4.78, 5) is 0. The summed E-state index contributed by atoms with van der Waals surface area (Å²) in [5, 5.41) is 0. The fourth-order valence-corrected chi connectivity index (χ4v) is 2.71. The molecule has 92 valence electrons. The third-order valence-corrected chi connectivity index (χ3v) is 4.27. The highest BCUT2D eigenvalue weighted by molar-refractivity contribution is 7.80. The Labute approximate surface area is 113 Å². The van der Waals surface area contributed by atoms with Crippen molar-refractivity contribution >= 4 is 12.6 Å². The predicted octanol–water partition coefficient (Wildman–Crippen LogP) is 3.55. The summed E-state index contributed by atoms with van der Waals surface area (Å²) >= 11 is 4.46. The minimum Gasteiger partial charge on any atom is -0.379 e. The summed E-state index contributed by atoms with van der Waals surface area (Å²) in [5.74, 6) is 0.845. The fourth-order valence-electron chi connectivity index (χ4n) is 2.34. The van der Waals surface area contributed by atoms with E-state index in [1.54, 1.807) is 0 Å². The molecule has 0 bridgehead atoms. The molecule has 1 saturated heterocycles. The monoisotopic (exact) mass is 256 g/mol. The van der Waals surface area contributed by atoms with Crippen LogP contribution in [-0.2, 0) is 10.2 Å². The Kier molecular flexibility index (Phi) is 3.14. The van der Waals surface area contributed by atoms with Crippen molar-refractivity contribution in [3.63, 3.8) is 0 Å². The zero-order valence-corrected chi connectivity index (χ0v) is 11.1. The molecule has 0 amide bonds. The summed E-state index contributed by atoms with van der Waals surface area (Å²) < 4.78 is 5.35. The molecule has 2 aromatic carbocycles. The van der Waals surface area contributed by atoms with Gasteiger partial charge in [-0.05, 0) is 16.7 Å². The highest BCUT2D eigenvalue weighted by atomic mass is 32.1. The van der Waals surface area contributed by atoms with Crippen molar-refractivity contribution in [2.24, 2.45) is 0 Å². The quantitative estimate of drug-likeness (QED) is 0.826.